The number of hydrogen-bond donors (Lipinski definition) is 1. The normalized spacial score (nSPS) is 14.6. The molecule has 1 saturated carbocycles. The standard InChI is InChI=1S/C29H27N3O2.ClH/c1-3-23-21-14-15-22-26(33)24(18-10-12-20(13-11-18)29(30)16-7-17-29)27(19-8-5-4-6-9-19)34-28(22)25(21)32(2)31-23;/h4-6,8-15H,3,7,16-17,30H2,1-2H3;1H. The van der Waals surface area contributed by atoms with Gasteiger partial charge in [0, 0.05) is 23.5 Å². The highest BCUT2D eigenvalue weighted by Gasteiger charge is 2.34. The Balaban J connectivity index is 0.00000253. The predicted molar refractivity (Wildman–Crippen MR) is 144 cm³/mol. The molecule has 6 rings (SSSR count). The van der Waals surface area contributed by atoms with Gasteiger partial charge in [-0.25, -0.2) is 0 Å². The lowest BCUT2D eigenvalue weighted by Crippen LogP contribution is -2.43. The molecule has 0 saturated heterocycles. The van der Waals surface area contributed by atoms with E-state index in [2.05, 4.69) is 24.2 Å². The number of aromatic nitrogens is 2. The molecule has 1 aliphatic carbocycles. The van der Waals surface area contributed by atoms with Gasteiger partial charge in [0.2, 0.25) is 5.43 Å². The Labute approximate surface area is 210 Å². The average molecular weight is 486 g/mol. The van der Waals surface area contributed by atoms with Gasteiger partial charge in [-0.2, -0.15) is 5.10 Å². The number of halogens is 1. The summed E-state index contributed by atoms with van der Waals surface area (Å²) in [6.07, 6.45) is 3.97. The van der Waals surface area contributed by atoms with E-state index in [4.69, 9.17) is 10.2 Å². The second-order valence-corrected chi connectivity index (χ2v) is 9.35. The van der Waals surface area contributed by atoms with Gasteiger partial charge in [-0.3, -0.25) is 9.48 Å². The molecule has 0 spiro atoms. The van der Waals surface area contributed by atoms with Crippen molar-refractivity contribution in [3.63, 3.8) is 0 Å². The van der Waals surface area contributed by atoms with Gasteiger partial charge in [-0.05, 0) is 48.9 Å². The van der Waals surface area contributed by atoms with E-state index >= 15 is 0 Å². The lowest BCUT2D eigenvalue weighted by Gasteiger charge is -2.38. The highest BCUT2D eigenvalue weighted by molar-refractivity contribution is 6.05. The van der Waals surface area contributed by atoms with Crippen LogP contribution in [0, 0.1) is 0 Å². The van der Waals surface area contributed by atoms with Crippen molar-refractivity contribution in [3.05, 3.63) is 88.2 Å². The molecule has 6 heteroatoms. The molecule has 35 heavy (non-hydrogen) atoms. The number of hydrogen-bond acceptors (Lipinski definition) is 4. The minimum absolute atomic E-state index is 0. The minimum Gasteiger partial charge on any atom is -0.453 e. The number of fused-ring (bicyclic) bond motifs is 3. The molecule has 5 aromatic rings. The molecular weight excluding hydrogens is 458 g/mol. The van der Waals surface area contributed by atoms with Crippen LogP contribution in [0.2, 0.25) is 0 Å². The maximum absolute atomic E-state index is 14.0. The average Bonchev–Trinajstić information content (AvgIpc) is 3.19. The fourth-order valence-electron chi connectivity index (χ4n) is 5.21. The first kappa shape index (κ1) is 23.3. The van der Waals surface area contributed by atoms with E-state index in [9.17, 15) is 4.79 Å². The first-order valence-electron chi connectivity index (χ1n) is 11.9. The lowest BCUT2D eigenvalue weighted by atomic mass is 9.72. The van der Waals surface area contributed by atoms with Crippen molar-refractivity contribution in [1.82, 2.24) is 9.78 Å². The van der Waals surface area contributed by atoms with E-state index in [-0.39, 0.29) is 23.4 Å². The third kappa shape index (κ3) is 3.58. The van der Waals surface area contributed by atoms with E-state index in [1.165, 1.54) is 0 Å². The molecule has 1 aliphatic rings. The Morgan fingerprint density at radius 3 is 2.29 bits per heavy atom. The summed E-state index contributed by atoms with van der Waals surface area (Å²) in [5.41, 5.74) is 12.1. The van der Waals surface area contributed by atoms with Gasteiger partial charge in [0.25, 0.3) is 0 Å². The number of rotatable bonds is 4. The molecule has 0 atom stereocenters. The first-order chi connectivity index (χ1) is 16.5. The van der Waals surface area contributed by atoms with Gasteiger partial charge in [-0.15, -0.1) is 12.4 Å². The Kier molecular flexibility index (Phi) is 5.78. The number of nitrogens with zero attached hydrogens (tertiary/aromatic N) is 2. The molecule has 178 valence electrons. The zero-order valence-corrected chi connectivity index (χ0v) is 20.7. The molecule has 2 heterocycles. The van der Waals surface area contributed by atoms with E-state index in [0.29, 0.717) is 22.3 Å². The van der Waals surface area contributed by atoms with Crippen LogP contribution in [0.25, 0.3) is 44.3 Å². The molecule has 0 bridgehead atoms. The highest BCUT2D eigenvalue weighted by atomic mass is 35.5. The summed E-state index contributed by atoms with van der Waals surface area (Å²) in [6, 6.07) is 21.8. The Morgan fingerprint density at radius 2 is 1.66 bits per heavy atom. The number of benzene rings is 3. The van der Waals surface area contributed by atoms with E-state index in [1.807, 2.05) is 66.3 Å². The predicted octanol–water partition coefficient (Wildman–Crippen LogP) is 6.34. The summed E-state index contributed by atoms with van der Waals surface area (Å²) in [6.45, 7) is 2.08. The second-order valence-electron chi connectivity index (χ2n) is 9.35. The number of aryl methyl sites for hydroxylation is 2. The van der Waals surface area contributed by atoms with Gasteiger partial charge in [0.15, 0.2) is 5.58 Å². The molecular formula is C29H28ClN3O2. The van der Waals surface area contributed by atoms with E-state index in [1.54, 1.807) is 0 Å². The number of nitrogens with two attached hydrogens (primary N) is 1. The van der Waals surface area contributed by atoms with Crippen molar-refractivity contribution in [2.24, 2.45) is 12.8 Å². The van der Waals surface area contributed by atoms with Crippen LogP contribution in [0.1, 0.15) is 37.4 Å². The van der Waals surface area contributed by atoms with Crippen LogP contribution in [0.15, 0.2) is 75.9 Å². The fourth-order valence-corrected chi connectivity index (χ4v) is 5.21. The van der Waals surface area contributed by atoms with Crippen LogP contribution in [-0.4, -0.2) is 9.78 Å². The molecule has 1 fully saturated rings. The Hall–Kier alpha value is -3.41. The van der Waals surface area contributed by atoms with Crippen molar-refractivity contribution >= 4 is 34.3 Å². The van der Waals surface area contributed by atoms with Crippen LogP contribution in [0.3, 0.4) is 0 Å². The molecule has 5 nitrogen and oxygen atoms in total. The van der Waals surface area contributed by atoms with Crippen LogP contribution < -0.4 is 11.2 Å². The van der Waals surface area contributed by atoms with Crippen LogP contribution in [0.4, 0.5) is 0 Å². The fraction of sp³-hybridized carbons (Fsp3) is 0.241. The third-order valence-corrected chi connectivity index (χ3v) is 7.30. The smallest absolute Gasteiger partial charge is 0.201 e. The summed E-state index contributed by atoms with van der Waals surface area (Å²) < 4.78 is 8.43. The van der Waals surface area contributed by atoms with Crippen molar-refractivity contribution in [2.75, 3.05) is 0 Å². The lowest BCUT2D eigenvalue weighted by molar-refractivity contribution is 0.253. The summed E-state index contributed by atoms with van der Waals surface area (Å²) in [5.74, 6) is 0.573. The minimum atomic E-state index is -0.239. The van der Waals surface area contributed by atoms with E-state index in [0.717, 1.165) is 59.0 Å². The zero-order chi connectivity index (χ0) is 23.4. The summed E-state index contributed by atoms with van der Waals surface area (Å²) >= 11 is 0. The Bertz CT molecular complexity index is 1600. The monoisotopic (exact) mass is 485 g/mol. The molecule has 2 aromatic heterocycles. The van der Waals surface area contributed by atoms with Gasteiger partial charge >= 0.3 is 0 Å². The molecule has 0 radical (unpaired) electrons. The SMILES string of the molecule is CCc1nn(C)c2c1ccc1c(=O)c(-c3ccc(C4(N)CCC4)cc3)c(-c3ccccc3)oc12.Cl. The molecule has 0 aliphatic heterocycles. The molecule has 0 amide bonds. The Morgan fingerprint density at radius 1 is 0.971 bits per heavy atom. The van der Waals surface area contributed by atoms with Gasteiger partial charge in [0.1, 0.15) is 11.3 Å². The van der Waals surface area contributed by atoms with Gasteiger partial charge in [0.05, 0.1) is 16.6 Å². The molecule has 0 unspecified atom stereocenters. The van der Waals surface area contributed by atoms with Crippen molar-refractivity contribution in [2.45, 2.75) is 38.1 Å². The van der Waals surface area contributed by atoms with Gasteiger partial charge in [-0.1, -0.05) is 61.5 Å². The summed E-state index contributed by atoms with van der Waals surface area (Å²) in [4.78, 5) is 14.0. The van der Waals surface area contributed by atoms with E-state index < -0.39 is 0 Å². The summed E-state index contributed by atoms with van der Waals surface area (Å²) in [5, 5.41) is 6.24. The maximum Gasteiger partial charge on any atom is 0.201 e. The van der Waals surface area contributed by atoms with Gasteiger partial charge < -0.3 is 10.2 Å². The maximum atomic E-state index is 14.0. The zero-order valence-electron chi connectivity index (χ0n) is 19.9. The van der Waals surface area contributed by atoms with Crippen molar-refractivity contribution in [3.8, 4) is 22.5 Å². The highest BCUT2D eigenvalue weighted by Crippen LogP contribution is 2.40. The van der Waals surface area contributed by atoms with Crippen molar-refractivity contribution in [1.29, 1.82) is 0 Å². The topological polar surface area (TPSA) is 74.0 Å². The first-order valence-corrected chi connectivity index (χ1v) is 11.9. The van der Waals surface area contributed by atoms with Crippen LogP contribution in [0.5, 0.6) is 0 Å². The second kappa shape index (κ2) is 8.67. The molecule has 2 N–H and O–H groups in total. The van der Waals surface area contributed by atoms with Crippen LogP contribution >= 0.6 is 12.4 Å². The van der Waals surface area contributed by atoms with Crippen molar-refractivity contribution < 1.29 is 4.42 Å². The molecule has 3 aromatic carbocycles. The van der Waals surface area contributed by atoms with Crippen LogP contribution in [-0.2, 0) is 19.0 Å². The summed E-state index contributed by atoms with van der Waals surface area (Å²) in [7, 11) is 1.90. The largest absolute Gasteiger partial charge is 0.453 e. The quantitative estimate of drug-likeness (QED) is 0.322. The third-order valence-electron chi connectivity index (χ3n) is 7.30.